The number of benzene rings is 1. The summed E-state index contributed by atoms with van der Waals surface area (Å²) in [6.45, 7) is 0.352. The van der Waals surface area contributed by atoms with Crippen LogP contribution in [0, 0.1) is 0 Å². The zero-order valence-corrected chi connectivity index (χ0v) is 14.6. The molecule has 0 bridgehead atoms. The number of likely N-dealkylation sites (N-methyl/N-ethyl adjacent to an activating group) is 1. The maximum atomic E-state index is 12.2. The van der Waals surface area contributed by atoms with Crippen LogP contribution < -0.4 is 5.32 Å². The molecule has 1 unspecified atom stereocenters. The van der Waals surface area contributed by atoms with Crippen molar-refractivity contribution in [1.29, 1.82) is 0 Å². The molecule has 0 radical (unpaired) electrons. The van der Waals surface area contributed by atoms with E-state index in [9.17, 15) is 13.2 Å². The molecule has 7 heteroatoms. The van der Waals surface area contributed by atoms with Gasteiger partial charge in [-0.1, -0.05) is 18.2 Å². The van der Waals surface area contributed by atoms with E-state index in [0.29, 0.717) is 6.54 Å². The molecule has 1 amide bonds. The minimum Gasteiger partial charge on any atom is -0.468 e. The standard InChI is InChI=1S/C17H22N2O4S/c1-19(2)15(16-9-6-11-23-16)13-18-17(20)10-12-24(21,22)14-7-4-3-5-8-14/h3-9,11,15H,10,12-13H2,1-2H3,(H,18,20). The lowest BCUT2D eigenvalue weighted by atomic mass is 10.2. The summed E-state index contributed by atoms with van der Waals surface area (Å²) in [4.78, 5) is 14.2. The summed E-state index contributed by atoms with van der Waals surface area (Å²) >= 11 is 0. The smallest absolute Gasteiger partial charge is 0.221 e. The van der Waals surface area contributed by atoms with Crippen LogP contribution in [0.1, 0.15) is 18.2 Å². The first-order valence-corrected chi connectivity index (χ1v) is 9.30. The van der Waals surface area contributed by atoms with E-state index in [2.05, 4.69) is 5.32 Å². The van der Waals surface area contributed by atoms with Gasteiger partial charge in [0.25, 0.3) is 0 Å². The van der Waals surface area contributed by atoms with Gasteiger partial charge in [-0.25, -0.2) is 8.42 Å². The average molecular weight is 350 g/mol. The van der Waals surface area contributed by atoms with Crippen molar-refractivity contribution in [2.75, 3.05) is 26.4 Å². The molecule has 1 heterocycles. The summed E-state index contributed by atoms with van der Waals surface area (Å²) in [5.41, 5.74) is 0. The van der Waals surface area contributed by atoms with E-state index in [0.717, 1.165) is 5.76 Å². The first kappa shape index (κ1) is 18.2. The van der Waals surface area contributed by atoms with Crippen molar-refractivity contribution in [1.82, 2.24) is 10.2 Å². The number of amides is 1. The van der Waals surface area contributed by atoms with E-state index < -0.39 is 9.84 Å². The Kier molecular flexibility index (Phi) is 6.16. The molecule has 24 heavy (non-hydrogen) atoms. The predicted molar refractivity (Wildman–Crippen MR) is 91.3 cm³/mol. The molecular weight excluding hydrogens is 328 g/mol. The Bertz CT molecular complexity index is 740. The van der Waals surface area contributed by atoms with Crippen molar-refractivity contribution >= 4 is 15.7 Å². The summed E-state index contributed by atoms with van der Waals surface area (Å²) in [6.07, 6.45) is 1.51. The molecule has 2 rings (SSSR count). The summed E-state index contributed by atoms with van der Waals surface area (Å²) in [7, 11) is 0.333. The second-order valence-corrected chi connectivity index (χ2v) is 7.79. The zero-order chi connectivity index (χ0) is 17.6. The van der Waals surface area contributed by atoms with Crippen LogP contribution in [-0.2, 0) is 14.6 Å². The summed E-state index contributed by atoms with van der Waals surface area (Å²) in [6, 6.07) is 11.7. The van der Waals surface area contributed by atoms with Gasteiger partial charge in [0.2, 0.25) is 5.91 Å². The monoisotopic (exact) mass is 350 g/mol. The van der Waals surface area contributed by atoms with E-state index in [-0.39, 0.29) is 29.0 Å². The van der Waals surface area contributed by atoms with Gasteiger partial charge in [-0.3, -0.25) is 9.69 Å². The molecule has 1 atom stereocenters. The molecule has 0 aliphatic heterocycles. The summed E-state index contributed by atoms with van der Waals surface area (Å²) in [5.74, 6) is 0.237. The molecule has 0 spiro atoms. The highest BCUT2D eigenvalue weighted by Gasteiger charge is 2.19. The van der Waals surface area contributed by atoms with E-state index in [4.69, 9.17) is 4.42 Å². The van der Waals surface area contributed by atoms with E-state index in [1.54, 1.807) is 30.5 Å². The minimum absolute atomic E-state index is 0.0739. The van der Waals surface area contributed by atoms with Crippen LogP contribution in [0.4, 0.5) is 0 Å². The highest BCUT2D eigenvalue weighted by atomic mass is 32.2. The van der Waals surface area contributed by atoms with Gasteiger partial charge in [-0.2, -0.15) is 0 Å². The first-order valence-electron chi connectivity index (χ1n) is 7.64. The van der Waals surface area contributed by atoms with E-state index in [1.807, 2.05) is 25.1 Å². The van der Waals surface area contributed by atoms with Gasteiger partial charge < -0.3 is 9.73 Å². The third-order valence-corrected chi connectivity index (χ3v) is 5.42. The van der Waals surface area contributed by atoms with E-state index in [1.165, 1.54) is 12.1 Å². The van der Waals surface area contributed by atoms with Crippen LogP contribution in [0.2, 0.25) is 0 Å². The Morgan fingerprint density at radius 2 is 1.88 bits per heavy atom. The van der Waals surface area contributed by atoms with Gasteiger partial charge in [-0.05, 0) is 38.4 Å². The van der Waals surface area contributed by atoms with Crippen LogP contribution >= 0.6 is 0 Å². The number of furan rings is 1. The number of nitrogens with zero attached hydrogens (tertiary/aromatic N) is 1. The number of sulfone groups is 1. The van der Waals surface area contributed by atoms with Gasteiger partial charge in [0.1, 0.15) is 5.76 Å². The van der Waals surface area contributed by atoms with Crippen molar-refractivity contribution in [3.63, 3.8) is 0 Å². The molecule has 0 saturated carbocycles. The topological polar surface area (TPSA) is 79.6 Å². The third kappa shape index (κ3) is 4.94. The van der Waals surface area contributed by atoms with Crippen molar-refractivity contribution in [3.05, 3.63) is 54.5 Å². The number of hydrogen-bond donors (Lipinski definition) is 1. The second-order valence-electron chi connectivity index (χ2n) is 5.68. The highest BCUT2D eigenvalue weighted by Crippen LogP contribution is 2.17. The molecule has 1 aromatic carbocycles. The quantitative estimate of drug-likeness (QED) is 0.786. The average Bonchev–Trinajstić information content (AvgIpc) is 3.08. The fourth-order valence-corrected chi connectivity index (χ4v) is 3.55. The lowest BCUT2D eigenvalue weighted by molar-refractivity contribution is -0.120. The van der Waals surface area contributed by atoms with Crippen molar-refractivity contribution < 1.29 is 17.6 Å². The van der Waals surface area contributed by atoms with Crippen molar-refractivity contribution in [3.8, 4) is 0 Å². The minimum atomic E-state index is -3.44. The Morgan fingerprint density at radius 1 is 1.17 bits per heavy atom. The molecule has 1 aromatic heterocycles. The lowest BCUT2D eigenvalue weighted by Gasteiger charge is -2.22. The van der Waals surface area contributed by atoms with Gasteiger partial charge in [0.05, 0.1) is 23.0 Å². The number of carbonyl (C=O) groups excluding carboxylic acids is 1. The Labute approximate surface area is 142 Å². The molecular formula is C17H22N2O4S. The lowest BCUT2D eigenvalue weighted by Crippen LogP contribution is -2.35. The normalized spacial score (nSPS) is 13.0. The summed E-state index contributed by atoms with van der Waals surface area (Å²) < 4.78 is 29.7. The maximum Gasteiger partial charge on any atom is 0.221 e. The van der Waals surface area contributed by atoms with Gasteiger partial charge in [0, 0.05) is 13.0 Å². The number of carbonyl (C=O) groups is 1. The van der Waals surface area contributed by atoms with Gasteiger partial charge in [0.15, 0.2) is 9.84 Å². The van der Waals surface area contributed by atoms with E-state index >= 15 is 0 Å². The SMILES string of the molecule is CN(C)C(CNC(=O)CCS(=O)(=O)c1ccccc1)c1ccco1. The Hall–Kier alpha value is -2.12. The van der Waals surface area contributed by atoms with Crippen molar-refractivity contribution in [2.24, 2.45) is 0 Å². The first-order chi connectivity index (χ1) is 11.4. The van der Waals surface area contributed by atoms with Crippen LogP contribution in [-0.4, -0.2) is 45.6 Å². The van der Waals surface area contributed by atoms with Crippen molar-refractivity contribution in [2.45, 2.75) is 17.4 Å². The zero-order valence-electron chi connectivity index (χ0n) is 13.8. The Morgan fingerprint density at radius 3 is 2.46 bits per heavy atom. The third-order valence-electron chi connectivity index (χ3n) is 3.69. The number of nitrogens with one attached hydrogen (secondary N) is 1. The molecule has 0 aliphatic carbocycles. The maximum absolute atomic E-state index is 12.2. The molecule has 0 fully saturated rings. The predicted octanol–water partition coefficient (Wildman–Crippen LogP) is 1.86. The highest BCUT2D eigenvalue weighted by molar-refractivity contribution is 7.91. The molecule has 130 valence electrons. The molecule has 6 nitrogen and oxygen atoms in total. The molecule has 1 N–H and O–H groups in total. The fourth-order valence-electron chi connectivity index (χ4n) is 2.29. The van der Waals surface area contributed by atoms with Crippen LogP contribution in [0.25, 0.3) is 0 Å². The summed E-state index contributed by atoms with van der Waals surface area (Å²) in [5, 5.41) is 2.77. The van der Waals surface area contributed by atoms with Crippen LogP contribution in [0.3, 0.4) is 0 Å². The Balaban J connectivity index is 1.87. The van der Waals surface area contributed by atoms with Gasteiger partial charge >= 0.3 is 0 Å². The fraction of sp³-hybridized carbons (Fsp3) is 0.353. The number of rotatable bonds is 8. The molecule has 0 aliphatic rings. The van der Waals surface area contributed by atoms with Crippen LogP contribution in [0.15, 0.2) is 58.0 Å². The van der Waals surface area contributed by atoms with Gasteiger partial charge in [-0.15, -0.1) is 0 Å². The largest absolute Gasteiger partial charge is 0.468 e. The second kappa shape index (κ2) is 8.12. The van der Waals surface area contributed by atoms with Crippen LogP contribution in [0.5, 0.6) is 0 Å². The molecule has 0 saturated heterocycles. The number of hydrogen-bond acceptors (Lipinski definition) is 5. The molecule has 2 aromatic rings.